The van der Waals surface area contributed by atoms with Gasteiger partial charge in [-0.3, -0.25) is 0 Å². The van der Waals surface area contributed by atoms with E-state index in [9.17, 15) is 0 Å². The third-order valence-corrected chi connectivity index (χ3v) is 3.33. The number of nitrogens with one attached hydrogen (secondary N) is 1. The van der Waals surface area contributed by atoms with Crippen molar-refractivity contribution in [1.82, 2.24) is 10.2 Å². The first-order valence-electron chi connectivity index (χ1n) is 6.00. The van der Waals surface area contributed by atoms with Gasteiger partial charge in [0.2, 0.25) is 0 Å². The molecular formula is C12H23N3O. The normalized spacial score (nSPS) is 24.3. The number of rotatable bonds is 6. The highest BCUT2D eigenvalue weighted by Crippen LogP contribution is 2.14. The molecule has 0 bridgehead atoms. The van der Waals surface area contributed by atoms with E-state index < -0.39 is 5.54 Å². The minimum atomic E-state index is -0.412. The Morgan fingerprint density at radius 1 is 1.62 bits per heavy atom. The highest BCUT2D eigenvalue weighted by atomic mass is 16.5. The van der Waals surface area contributed by atoms with Crippen LogP contribution in [-0.4, -0.2) is 50.3 Å². The zero-order valence-corrected chi connectivity index (χ0v) is 10.6. The molecule has 0 radical (unpaired) electrons. The molecule has 4 nitrogen and oxygen atoms in total. The summed E-state index contributed by atoms with van der Waals surface area (Å²) >= 11 is 0. The van der Waals surface area contributed by atoms with E-state index in [0.717, 1.165) is 26.1 Å². The fourth-order valence-corrected chi connectivity index (χ4v) is 1.88. The summed E-state index contributed by atoms with van der Waals surface area (Å²) in [5.74, 6) is 0. The van der Waals surface area contributed by atoms with Gasteiger partial charge in [0, 0.05) is 19.7 Å². The first-order valence-corrected chi connectivity index (χ1v) is 6.00. The molecule has 2 unspecified atom stereocenters. The van der Waals surface area contributed by atoms with Crippen LogP contribution in [-0.2, 0) is 4.74 Å². The van der Waals surface area contributed by atoms with E-state index in [1.54, 1.807) is 0 Å². The lowest BCUT2D eigenvalue weighted by Gasteiger charge is -2.26. The minimum Gasteiger partial charge on any atom is -0.377 e. The molecule has 1 rings (SSSR count). The van der Waals surface area contributed by atoms with Crippen molar-refractivity contribution in [3.05, 3.63) is 0 Å². The maximum Gasteiger partial charge on any atom is 0.104 e. The summed E-state index contributed by atoms with van der Waals surface area (Å²) in [7, 11) is 3.93. The van der Waals surface area contributed by atoms with Crippen molar-refractivity contribution < 1.29 is 4.74 Å². The number of nitriles is 1. The van der Waals surface area contributed by atoms with Crippen LogP contribution in [0.2, 0.25) is 0 Å². The van der Waals surface area contributed by atoms with Crippen LogP contribution in [0.3, 0.4) is 0 Å². The first-order chi connectivity index (χ1) is 7.59. The fraction of sp³-hybridized carbons (Fsp3) is 0.917. The number of ether oxygens (including phenoxy) is 1. The third kappa shape index (κ3) is 4.09. The second-order valence-electron chi connectivity index (χ2n) is 4.84. The predicted octanol–water partition coefficient (Wildman–Crippen LogP) is 0.989. The van der Waals surface area contributed by atoms with E-state index in [2.05, 4.69) is 23.3 Å². The Bertz CT molecular complexity index is 245. The zero-order chi connectivity index (χ0) is 12.0. The van der Waals surface area contributed by atoms with Crippen molar-refractivity contribution >= 4 is 0 Å². The Labute approximate surface area is 98.6 Å². The van der Waals surface area contributed by atoms with E-state index in [4.69, 9.17) is 10.00 Å². The lowest BCUT2D eigenvalue weighted by molar-refractivity contribution is 0.0795. The summed E-state index contributed by atoms with van der Waals surface area (Å²) < 4.78 is 5.59. The van der Waals surface area contributed by atoms with Crippen LogP contribution in [0.15, 0.2) is 0 Å². The maximum absolute atomic E-state index is 9.03. The molecular weight excluding hydrogens is 202 g/mol. The van der Waals surface area contributed by atoms with Crippen molar-refractivity contribution in [3.63, 3.8) is 0 Å². The largest absolute Gasteiger partial charge is 0.377 e. The van der Waals surface area contributed by atoms with Crippen molar-refractivity contribution in [1.29, 1.82) is 5.26 Å². The van der Waals surface area contributed by atoms with Gasteiger partial charge in [-0.25, -0.2) is 0 Å². The lowest BCUT2D eigenvalue weighted by atomic mass is 10.00. The average Bonchev–Trinajstić information content (AvgIpc) is 2.79. The molecule has 0 aliphatic carbocycles. The maximum atomic E-state index is 9.03. The van der Waals surface area contributed by atoms with Gasteiger partial charge in [-0.15, -0.1) is 0 Å². The summed E-state index contributed by atoms with van der Waals surface area (Å²) in [6.45, 7) is 4.74. The van der Waals surface area contributed by atoms with Crippen molar-refractivity contribution in [2.24, 2.45) is 0 Å². The topological polar surface area (TPSA) is 48.3 Å². The van der Waals surface area contributed by atoms with Crippen LogP contribution in [0.5, 0.6) is 0 Å². The molecule has 2 atom stereocenters. The molecule has 4 heteroatoms. The highest BCUT2D eigenvalue weighted by molar-refractivity contribution is 5.03. The van der Waals surface area contributed by atoms with Crippen LogP contribution in [0.4, 0.5) is 0 Å². The minimum absolute atomic E-state index is 0.396. The molecule has 92 valence electrons. The second-order valence-corrected chi connectivity index (χ2v) is 4.84. The molecule has 1 aliphatic rings. The molecule has 0 aromatic rings. The van der Waals surface area contributed by atoms with Gasteiger partial charge in [0.05, 0.1) is 12.2 Å². The van der Waals surface area contributed by atoms with Crippen molar-refractivity contribution in [2.45, 2.75) is 37.8 Å². The third-order valence-electron chi connectivity index (χ3n) is 3.33. The van der Waals surface area contributed by atoms with Gasteiger partial charge >= 0.3 is 0 Å². The van der Waals surface area contributed by atoms with Gasteiger partial charge in [0.25, 0.3) is 0 Å². The molecule has 0 saturated carbocycles. The second kappa shape index (κ2) is 6.19. The first kappa shape index (κ1) is 13.4. The molecule has 0 aromatic heterocycles. The molecule has 1 fully saturated rings. The van der Waals surface area contributed by atoms with Gasteiger partial charge in [0.15, 0.2) is 0 Å². The monoisotopic (exact) mass is 225 g/mol. The predicted molar refractivity (Wildman–Crippen MR) is 64.2 cm³/mol. The summed E-state index contributed by atoms with van der Waals surface area (Å²) in [5.41, 5.74) is -0.412. The van der Waals surface area contributed by atoms with Crippen molar-refractivity contribution in [3.8, 4) is 6.07 Å². The van der Waals surface area contributed by atoms with Crippen LogP contribution in [0, 0.1) is 11.3 Å². The highest BCUT2D eigenvalue weighted by Gasteiger charge is 2.23. The SMILES string of the molecule is CNC(C)(C#N)CCN(C)CC1CCCO1. The summed E-state index contributed by atoms with van der Waals surface area (Å²) in [6, 6.07) is 2.31. The van der Waals surface area contributed by atoms with E-state index in [1.165, 1.54) is 12.8 Å². The Kier molecular flexibility index (Phi) is 5.20. The number of nitrogens with zero attached hydrogens (tertiary/aromatic N) is 2. The van der Waals surface area contributed by atoms with Crippen LogP contribution in [0.1, 0.15) is 26.2 Å². The zero-order valence-electron chi connectivity index (χ0n) is 10.6. The summed E-state index contributed by atoms with van der Waals surface area (Å²) in [6.07, 6.45) is 3.59. The standard InChI is InChI=1S/C12H23N3O/c1-12(10-13,14-2)6-7-15(3)9-11-5-4-8-16-11/h11,14H,4-9H2,1-3H3. The average molecular weight is 225 g/mol. The molecule has 0 amide bonds. The molecule has 16 heavy (non-hydrogen) atoms. The Morgan fingerprint density at radius 2 is 2.38 bits per heavy atom. The number of likely N-dealkylation sites (N-methyl/N-ethyl adjacent to an activating group) is 1. The van der Waals surface area contributed by atoms with Gasteiger partial charge in [0.1, 0.15) is 5.54 Å². The molecule has 1 heterocycles. The Hall–Kier alpha value is -0.630. The van der Waals surface area contributed by atoms with Crippen LogP contribution < -0.4 is 5.32 Å². The Morgan fingerprint density at radius 3 is 2.88 bits per heavy atom. The molecule has 1 N–H and O–H groups in total. The number of hydrogen-bond acceptors (Lipinski definition) is 4. The smallest absolute Gasteiger partial charge is 0.104 e. The van der Waals surface area contributed by atoms with Crippen molar-refractivity contribution in [2.75, 3.05) is 33.8 Å². The number of hydrogen-bond donors (Lipinski definition) is 1. The Balaban J connectivity index is 2.23. The molecule has 0 aromatic carbocycles. The van der Waals surface area contributed by atoms with Crippen LogP contribution in [0.25, 0.3) is 0 Å². The van der Waals surface area contributed by atoms with Crippen LogP contribution >= 0.6 is 0 Å². The van der Waals surface area contributed by atoms with E-state index in [-0.39, 0.29) is 0 Å². The van der Waals surface area contributed by atoms with E-state index in [1.807, 2.05) is 14.0 Å². The molecule has 1 saturated heterocycles. The van der Waals surface area contributed by atoms with E-state index >= 15 is 0 Å². The van der Waals surface area contributed by atoms with E-state index in [0.29, 0.717) is 6.10 Å². The van der Waals surface area contributed by atoms with Gasteiger partial charge in [-0.1, -0.05) is 0 Å². The fourth-order valence-electron chi connectivity index (χ4n) is 1.88. The lowest BCUT2D eigenvalue weighted by Crippen LogP contribution is -2.42. The summed E-state index contributed by atoms with van der Waals surface area (Å²) in [4.78, 5) is 2.25. The van der Waals surface area contributed by atoms with Gasteiger partial charge < -0.3 is 15.0 Å². The quantitative estimate of drug-likeness (QED) is 0.732. The molecule has 0 spiro atoms. The molecule has 1 aliphatic heterocycles. The van der Waals surface area contributed by atoms with Gasteiger partial charge in [-0.2, -0.15) is 5.26 Å². The van der Waals surface area contributed by atoms with Gasteiger partial charge in [-0.05, 0) is 40.3 Å². The summed E-state index contributed by atoms with van der Waals surface area (Å²) in [5, 5.41) is 12.1.